The average molecular weight is 222 g/mol. The summed E-state index contributed by atoms with van der Waals surface area (Å²) in [5, 5.41) is 0. The van der Waals surface area contributed by atoms with Crippen LogP contribution < -0.4 is 4.90 Å². The van der Waals surface area contributed by atoms with E-state index in [0.29, 0.717) is 5.88 Å². The summed E-state index contributed by atoms with van der Waals surface area (Å²) in [6, 6.07) is 4.62. The number of alkyl halides is 1. The molecule has 3 rings (SSSR count). The summed E-state index contributed by atoms with van der Waals surface area (Å²) in [7, 11) is 0. The normalized spacial score (nSPS) is 18.9. The summed E-state index contributed by atoms with van der Waals surface area (Å²) in [6.07, 6.45) is 5.09. The van der Waals surface area contributed by atoms with Crippen molar-refractivity contribution in [1.29, 1.82) is 0 Å². The molecule has 0 saturated heterocycles. The molecule has 0 aliphatic carbocycles. The fourth-order valence-corrected chi connectivity index (χ4v) is 3.11. The highest BCUT2D eigenvalue weighted by Crippen LogP contribution is 2.36. The Labute approximate surface area is 96.0 Å². The van der Waals surface area contributed by atoms with E-state index in [0.717, 1.165) is 0 Å². The molecule has 2 heteroatoms. The molecule has 1 aromatic rings. The largest absolute Gasteiger partial charge is 0.371 e. The standard InChI is InChI=1S/C13H16ClN/c14-9-10-7-11-3-1-5-15-6-2-4-12(8-10)13(11)15/h7-8H,1-6,9H2. The Morgan fingerprint density at radius 2 is 1.67 bits per heavy atom. The Morgan fingerprint density at radius 3 is 2.20 bits per heavy atom. The highest BCUT2D eigenvalue weighted by atomic mass is 35.5. The van der Waals surface area contributed by atoms with E-state index in [-0.39, 0.29) is 0 Å². The Bertz CT molecular complexity index is 355. The lowest BCUT2D eigenvalue weighted by molar-refractivity contribution is 0.633. The van der Waals surface area contributed by atoms with Crippen molar-refractivity contribution in [2.75, 3.05) is 18.0 Å². The van der Waals surface area contributed by atoms with Gasteiger partial charge < -0.3 is 4.90 Å². The maximum atomic E-state index is 5.94. The van der Waals surface area contributed by atoms with Gasteiger partial charge in [-0.05, 0) is 42.4 Å². The van der Waals surface area contributed by atoms with Crippen LogP contribution in [0.4, 0.5) is 5.69 Å². The van der Waals surface area contributed by atoms with Crippen LogP contribution >= 0.6 is 11.6 Å². The van der Waals surface area contributed by atoms with Crippen molar-refractivity contribution >= 4 is 17.3 Å². The van der Waals surface area contributed by atoms with E-state index >= 15 is 0 Å². The second-order valence-electron chi connectivity index (χ2n) is 4.59. The van der Waals surface area contributed by atoms with Crippen molar-refractivity contribution in [3.05, 3.63) is 28.8 Å². The SMILES string of the molecule is ClCc1cc2c3c(c1)CCCN3CCC2. The van der Waals surface area contributed by atoms with Crippen LogP contribution in [0.5, 0.6) is 0 Å². The second kappa shape index (κ2) is 3.71. The molecule has 0 aromatic heterocycles. The van der Waals surface area contributed by atoms with Crippen molar-refractivity contribution in [3.8, 4) is 0 Å². The third-order valence-electron chi connectivity index (χ3n) is 3.55. The minimum Gasteiger partial charge on any atom is -0.371 e. The summed E-state index contributed by atoms with van der Waals surface area (Å²) >= 11 is 5.94. The van der Waals surface area contributed by atoms with E-state index in [2.05, 4.69) is 17.0 Å². The number of rotatable bonds is 1. The van der Waals surface area contributed by atoms with Crippen molar-refractivity contribution in [3.63, 3.8) is 0 Å². The average Bonchev–Trinajstić information content (AvgIpc) is 2.29. The van der Waals surface area contributed by atoms with Gasteiger partial charge in [-0.1, -0.05) is 12.1 Å². The predicted molar refractivity (Wildman–Crippen MR) is 64.9 cm³/mol. The molecule has 0 N–H and O–H groups in total. The van der Waals surface area contributed by atoms with Gasteiger partial charge in [0.05, 0.1) is 0 Å². The van der Waals surface area contributed by atoms with Crippen LogP contribution in [0, 0.1) is 0 Å². The lowest BCUT2D eigenvalue weighted by Crippen LogP contribution is -2.34. The Kier molecular flexibility index (Phi) is 2.36. The lowest BCUT2D eigenvalue weighted by Gasteiger charge is -2.37. The molecule has 15 heavy (non-hydrogen) atoms. The monoisotopic (exact) mass is 221 g/mol. The number of nitrogens with zero attached hydrogens (tertiary/aromatic N) is 1. The fourth-order valence-electron chi connectivity index (χ4n) is 2.95. The molecule has 1 nitrogen and oxygen atoms in total. The maximum Gasteiger partial charge on any atom is 0.0474 e. The van der Waals surface area contributed by atoms with Crippen LogP contribution in [0.2, 0.25) is 0 Å². The first-order valence-electron chi connectivity index (χ1n) is 5.84. The number of hydrogen-bond acceptors (Lipinski definition) is 1. The zero-order valence-electron chi connectivity index (χ0n) is 8.93. The summed E-state index contributed by atoms with van der Waals surface area (Å²) in [4.78, 5) is 2.57. The lowest BCUT2D eigenvalue weighted by atomic mass is 9.90. The van der Waals surface area contributed by atoms with Crippen LogP contribution in [-0.2, 0) is 18.7 Å². The third-order valence-corrected chi connectivity index (χ3v) is 3.86. The molecule has 2 aliphatic heterocycles. The van der Waals surface area contributed by atoms with Gasteiger partial charge in [0.1, 0.15) is 0 Å². The molecule has 0 unspecified atom stereocenters. The molecule has 0 radical (unpaired) electrons. The first kappa shape index (κ1) is 9.53. The van der Waals surface area contributed by atoms with Gasteiger partial charge >= 0.3 is 0 Å². The second-order valence-corrected chi connectivity index (χ2v) is 4.86. The summed E-state index contributed by atoms with van der Waals surface area (Å²) in [5.41, 5.74) is 5.92. The molecule has 0 spiro atoms. The maximum absolute atomic E-state index is 5.94. The van der Waals surface area contributed by atoms with Crippen LogP contribution in [-0.4, -0.2) is 13.1 Å². The Morgan fingerprint density at radius 1 is 1.07 bits per heavy atom. The number of hydrogen-bond donors (Lipinski definition) is 0. The predicted octanol–water partition coefficient (Wildman–Crippen LogP) is 3.12. The van der Waals surface area contributed by atoms with Crippen LogP contribution in [0.1, 0.15) is 29.5 Å². The first-order valence-corrected chi connectivity index (χ1v) is 6.37. The molecular formula is C13H16ClN. The third kappa shape index (κ3) is 1.53. The van der Waals surface area contributed by atoms with Gasteiger partial charge in [-0.2, -0.15) is 0 Å². The minimum absolute atomic E-state index is 0.653. The quantitative estimate of drug-likeness (QED) is 0.659. The number of anilines is 1. The van der Waals surface area contributed by atoms with Gasteiger partial charge in [-0.25, -0.2) is 0 Å². The number of halogens is 1. The molecule has 0 bridgehead atoms. The molecular weight excluding hydrogens is 206 g/mol. The van der Waals surface area contributed by atoms with Crippen LogP contribution in [0.3, 0.4) is 0 Å². The molecule has 0 fully saturated rings. The summed E-state index contributed by atoms with van der Waals surface area (Å²) in [6.45, 7) is 2.50. The molecule has 80 valence electrons. The molecule has 2 heterocycles. The topological polar surface area (TPSA) is 3.24 Å². The van der Waals surface area contributed by atoms with E-state index in [4.69, 9.17) is 11.6 Å². The zero-order chi connectivity index (χ0) is 10.3. The van der Waals surface area contributed by atoms with Gasteiger partial charge in [0.15, 0.2) is 0 Å². The number of aryl methyl sites for hydroxylation is 2. The van der Waals surface area contributed by atoms with Crippen molar-refractivity contribution in [2.45, 2.75) is 31.6 Å². The van der Waals surface area contributed by atoms with Crippen LogP contribution in [0.25, 0.3) is 0 Å². The molecule has 0 atom stereocenters. The molecule has 0 saturated carbocycles. The number of benzene rings is 1. The minimum atomic E-state index is 0.653. The van der Waals surface area contributed by atoms with Crippen molar-refractivity contribution < 1.29 is 0 Å². The molecule has 0 amide bonds. The summed E-state index contributed by atoms with van der Waals surface area (Å²) < 4.78 is 0. The van der Waals surface area contributed by atoms with E-state index < -0.39 is 0 Å². The van der Waals surface area contributed by atoms with Gasteiger partial charge in [-0.3, -0.25) is 0 Å². The van der Waals surface area contributed by atoms with Crippen molar-refractivity contribution in [1.82, 2.24) is 0 Å². The van der Waals surface area contributed by atoms with E-state index in [1.165, 1.54) is 55.5 Å². The van der Waals surface area contributed by atoms with E-state index in [1.807, 2.05) is 0 Å². The molecule has 2 aliphatic rings. The summed E-state index contributed by atoms with van der Waals surface area (Å²) in [5.74, 6) is 0.653. The van der Waals surface area contributed by atoms with Gasteiger partial charge in [0, 0.05) is 24.7 Å². The Balaban J connectivity index is 2.15. The van der Waals surface area contributed by atoms with Gasteiger partial charge in [-0.15, -0.1) is 11.6 Å². The van der Waals surface area contributed by atoms with E-state index in [9.17, 15) is 0 Å². The first-order chi connectivity index (χ1) is 7.38. The van der Waals surface area contributed by atoms with E-state index in [1.54, 1.807) is 5.69 Å². The van der Waals surface area contributed by atoms with Crippen molar-refractivity contribution in [2.24, 2.45) is 0 Å². The van der Waals surface area contributed by atoms with Gasteiger partial charge in [0.25, 0.3) is 0 Å². The highest BCUT2D eigenvalue weighted by molar-refractivity contribution is 6.17. The highest BCUT2D eigenvalue weighted by Gasteiger charge is 2.23. The molecule has 1 aromatic carbocycles. The smallest absolute Gasteiger partial charge is 0.0474 e. The van der Waals surface area contributed by atoms with Crippen LogP contribution in [0.15, 0.2) is 12.1 Å². The van der Waals surface area contributed by atoms with Gasteiger partial charge in [0.2, 0.25) is 0 Å². The zero-order valence-corrected chi connectivity index (χ0v) is 9.69. The Hall–Kier alpha value is -0.690. The fraction of sp³-hybridized carbons (Fsp3) is 0.538.